The largest absolute Gasteiger partial charge is 0.483 e. The number of amides is 1. The van der Waals surface area contributed by atoms with Crippen LogP contribution in [-0.4, -0.2) is 30.9 Å². The zero-order chi connectivity index (χ0) is 23.2. The van der Waals surface area contributed by atoms with Crippen molar-refractivity contribution < 1.29 is 13.9 Å². The first-order chi connectivity index (χ1) is 16.0. The van der Waals surface area contributed by atoms with Crippen LogP contribution in [0.4, 0.5) is 10.2 Å². The van der Waals surface area contributed by atoms with E-state index in [0.717, 1.165) is 5.69 Å². The second-order valence-electron chi connectivity index (χ2n) is 6.90. The monoisotopic (exact) mass is 483 g/mol. The Hall–Kier alpha value is -3.43. The number of pyridine rings is 1. The Bertz CT molecular complexity index is 1240. The van der Waals surface area contributed by atoms with Crippen molar-refractivity contribution in [3.05, 3.63) is 89.6 Å². The topological polar surface area (TPSA) is 81.9 Å². The van der Waals surface area contributed by atoms with Crippen LogP contribution in [0, 0.1) is 5.82 Å². The van der Waals surface area contributed by atoms with Gasteiger partial charge in [-0.05, 0) is 43.3 Å². The molecule has 0 bridgehead atoms. The normalized spacial score (nSPS) is 11.7. The third-order valence-electron chi connectivity index (χ3n) is 4.54. The van der Waals surface area contributed by atoms with Crippen LogP contribution in [-0.2, 0) is 11.4 Å². The summed E-state index contributed by atoms with van der Waals surface area (Å²) in [6.07, 6.45) is 1.46. The fourth-order valence-electron chi connectivity index (χ4n) is 2.90. The van der Waals surface area contributed by atoms with Gasteiger partial charge in [0.1, 0.15) is 12.4 Å². The summed E-state index contributed by atoms with van der Waals surface area (Å²) in [6.45, 7) is 1.76. The molecular weight excluding hydrogens is 465 g/mol. The average Bonchev–Trinajstić information content (AvgIpc) is 3.22. The van der Waals surface area contributed by atoms with Crippen LogP contribution < -0.4 is 10.1 Å². The third-order valence-corrected chi connectivity index (χ3v) is 5.80. The zero-order valence-corrected chi connectivity index (χ0v) is 19.1. The van der Waals surface area contributed by atoms with Crippen molar-refractivity contribution in [1.29, 1.82) is 0 Å². The van der Waals surface area contributed by atoms with Crippen LogP contribution in [0.25, 0.3) is 5.69 Å². The molecule has 0 fully saturated rings. The predicted octanol–water partition coefficient (Wildman–Crippen LogP) is 5.15. The van der Waals surface area contributed by atoms with Crippen molar-refractivity contribution in [2.24, 2.45) is 0 Å². The van der Waals surface area contributed by atoms with Crippen molar-refractivity contribution in [3.8, 4) is 11.4 Å². The van der Waals surface area contributed by atoms with Crippen LogP contribution >= 0.6 is 23.4 Å². The summed E-state index contributed by atoms with van der Waals surface area (Å²) in [6, 6.07) is 18.9. The number of aromatic nitrogens is 4. The number of ether oxygens (including phenoxy) is 1. The van der Waals surface area contributed by atoms with Gasteiger partial charge in [0.15, 0.2) is 22.5 Å². The molecule has 0 saturated carbocycles. The van der Waals surface area contributed by atoms with E-state index in [1.54, 1.807) is 41.8 Å². The minimum atomic E-state index is -0.505. The number of anilines is 1. The van der Waals surface area contributed by atoms with Gasteiger partial charge in [0, 0.05) is 11.9 Å². The van der Waals surface area contributed by atoms with E-state index in [1.165, 1.54) is 24.0 Å². The molecule has 0 saturated heterocycles. The lowest BCUT2D eigenvalue weighted by Gasteiger charge is -2.14. The van der Waals surface area contributed by atoms with E-state index in [-0.39, 0.29) is 18.3 Å². The molecule has 1 N–H and O–H groups in total. The lowest BCUT2D eigenvalue weighted by molar-refractivity contribution is -0.115. The van der Waals surface area contributed by atoms with E-state index >= 15 is 0 Å². The highest BCUT2D eigenvalue weighted by Crippen LogP contribution is 2.27. The molecule has 168 valence electrons. The SMILES string of the molecule is C[C@@H](Sc1nnc(COc2ccccc2F)n1-c1ccccc1)C(=O)Nc1ccc(Cl)cn1. The van der Waals surface area contributed by atoms with Gasteiger partial charge < -0.3 is 10.1 Å². The molecule has 0 aliphatic carbocycles. The summed E-state index contributed by atoms with van der Waals surface area (Å²) >= 11 is 7.08. The average molecular weight is 484 g/mol. The van der Waals surface area contributed by atoms with E-state index in [2.05, 4.69) is 20.5 Å². The number of carbonyl (C=O) groups is 1. The molecule has 4 aromatic rings. The minimum Gasteiger partial charge on any atom is -0.483 e. The van der Waals surface area contributed by atoms with Gasteiger partial charge in [-0.15, -0.1) is 10.2 Å². The summed E-state index contributed by atoms with van der Waals surface area (Å²) in [5.74, 6) is 0.289. The fraction of sp³-hybridized carbons (Fsp3) is 0.130. The third kappa shape index (κ3) is 5.68. The first kappa shape index (κ1) is 22.8. The van der Waals surface area contributed by atoms with Gasteiger partial charge in [0.25, 0.3) is 0 Å². The Balaban J connectivity index is 1.54. The van der Waals surface area contributed by atoms with Gasteiger partial charge in [-0.25, -0.2) is 9.37 Å². The van der Waals surface area contributed by atoms with Gasteiger partial charge in [0.2, 0.25) is 5.91 Å². The molecule has 4 rings (SSSR count). The maximum Gasteiger partial charge on any atom is 0.238 e. The standard InChI is InChI=1S/C23H19ClFN5O2S/c1-15(22(31)27-20-12-11-16(24)13-26-20)33-23-29-28-21(30(23)17-7-3-2-4-8-17)14-32-19-10-6-5-9-18(19)25/h2-13,15H,14H2,1H3,(H,26,27,31)/t15-/m1/s1. The molecule has 10 heteroatoms. The summed E-state index contributed by atoms with van der Waals surface area (Å²) in [5.41, 5.74) is 0.795. The number of nitrogens with one attached hydrogen (secondary N) is 1. The Morgan fingerprint density at radius 3 is 2.61 bits per heavy atom. The highest BCUT2D eigenvalue weighted by Gasteiger charge is 2.22. The Morgan fingerprint density at radius 1 is 1.12 bits per heavy atom. The molecule has 0 unspecified atom stereocenters. The highest BCUT2D eigenvalue weighted by molar-refractivity contribution is 8.00. The van der Waals surface area contributed by atoms with Crippen molar-refractivity contribution in [1.82, 2.24) is 19.7 Å². The summed E-state index contributed by atoms with van der Waals surface area (Å²) < 4.78 is 21.4. The molecule has 0 aliphatic rings. The zero-order valence-electron chi connectivity index (χ0n) is 17.5. The molecule has 1 amide bonds. The van der Waals surface area contributed by atoms with Crippen LogP contribution in [0.15, 0.2) is 78.1 Å². The molecule has 2 aromatic carbocycles. The Kier molecular flexibility index (Phi) is 7.21. The molecule has 0 radical (unpaired) electrons. The molecule has 2 heterocycles. The number of thioether (sulfide) groups is 1. The Morgan fingerprint density at radius 2 is 1.88 bits per heavy atom. The van der Waals surface area contributed by atoms with Crippen LogP contribution in [0.1, 0.15) is 12.7 Å². The van der Waals surface area contributed by atoms with Crippen molar-refractivity contribution >= 4 is 35.1 Å². The minimum absolute atomic E-state index is 0.00133. The maximum absolute atomic E-state index is 14.0. The first-order valence-electron chi connectivity index (χ1n) is 9.97. The van der Waals surface area contributed by atoms with E-state index < -0.39 is 11.1 Å². The first-order valence-corrected chi connectivity index (χ1v) is 11.2. The number of nitrogens with zero attached hydrogens (tertiary/aromatic N) is 4. The van der Waals surface area contributed by atoms with Crippen molar-refractivity contribution in [3.63, 3.8) is 0 Å². The van der Waals surface area contributed by atoms with Gasteiger partial charge in [0.05, 0.1) is 10.3 Å². The van der Waals surface area contributed by atoms with E-state index in [0.29, 0.717) is 21.8 Å². The van der Waals surface area contributed by atoms with Crippen LogP contribution in [0.3, 0.4) is 0 Å². The van der Waals surface area contributed by atoms with E-state index in [4.69, 9.17) is 16.3 Å². The number of hydrogen-bond acceptors (Lipinski definition) is 6. The highest BCUT2D eigenvalue weighted by atomic mass is 35.5. The summed E-state index contributed by atoms with van der Waals surface area (Å²) in [7, 11) is 0. The predicted molar refractivity (Wildman–Crippen MR) is 125 cm³/mol. The van der Waals surface area contributed by atoms with E-state index in [1.807, 2.05) is 30.3 Å². The summed E-state index contributed by atoms with van der Waals surface area (Å²) in [4.78, 5) is 16.8. The number of carbonyl (C=O) groups excluding carboxylic acids is 1. The molecule has 33 heavy (non-hydrogen) atoms. The van der Waals surface area contributed by atoms with E-state index in [9.17, 15) is 9.18 Å². The second kappa shape index (κ2) is 10.5. The van der Waals surface area contributed by atoms with Gasteiger partial charge in [-0.3, -0.25) is 9.36 Å². The quantitative estimate of drug-likeness (QED) is 0.349. The fourth-order valence-corrected chi connectivity index (χ4v) is 3.90. The second-order valence-corrected chi connectivity index (χ2v) is 8.64. The Labute approximate surface area is 199 Å². The lowest BCUT2D eigenvalue weighted by atomic mass is 10.3. The number of para-hydroxylation sites is 2. The molecular formula is C23H19ClFN5O2S. The smallest absolute Gasteiger partial charge is 0.238 e. The van der Waals surface area contributed by atoms with Crippen LogP contribution in [0.2, 0.25) is 5.02 Å². The van der Waals surface area contributed by atoms with Crippen molar-refractivity contribution in [2.45, 2.75) is 23.9 Å². The van der Waals surface area contributed by atoms with Crippen molar-refractivity contribution in [2.75, 3.05) is 5.32 Å². The lowest BCUT2D eigenvalue weighted by Crippen LogP contribution is -2.23. The van der Waals surface area contributed by atoms with Gasteiger partial charge in [-0.1, -0.05) is 53.7 Å². The molecule has 7 nitrogen and oxygen atoms in total. The molecule has 0 aliphatic heterocycles. The molecule has 2 aromatic heterocycles. The number of benzene rings is 2. The van der Waals surface area contributed by atoms with Gasteiger partial charge in [-0.2, -0.15) is 0 Å². The number of hydrogen-bond donors (Lipinski definition) is 1. The molecule has 0 spiro atoms. The van der Waals surface area contributed by atoms with Crippen LogP contribution in [0.5, 0.6) is 5.75 Å². The number of rotatable bonds is 8. The molecule has 1 atom stereocenters. The summed E-state index contributed by atoms with van der Waals surface area (Å²) in [5, 5.41) is 11.7. The number of halogens is 2. The van der Waals surface area contributed by atoms with Gasteiger partial charge >= 0.3 is 0 Å². The maximum atomic E-state index is 14.0.